The lowest BCUT2D eigenvalue weighted by atomic mass is 10.1. The van der Waals surface area contributed by atoms with Crippen LogP contribution in [0, 0.1) is 0 Å². The lowest BCUT2D eigenvalue weighted by molar-refractivity contribution is 0.787. The first-order chi connectivity index (χ1) is 9.06. The normalized spacial score (nSPS) is 12.7. The largest absolute Gasteiger partial charge is 0.324 e. The maximum atomic E-state index is 6.37. The Morgan fingerprint density at radius 2 is 2.00 bits per heavy atom. The fraction of sp³-hybridized carbons (Fsp3) is 0.400. The van der Waals surface area contributed by atoms with Gasteiger partial charge in [0.05, 0.1) is 16.4 Å². The number of hydrogen-bond acceptors (Lipinski definition) is 2. The molecule has 4 heteroatoms. The average molecular weight is 278 g/mol. The van der Waals surface area contributed by atoms with Gasteiger partial charge in [0.15, 0.2) is 0 Å². The summed E-state index contributed by atoms with van der Waals surface area (Å²) in [5, 5.41) is 5.30. The van der Waals surface area contributed by atoms with Gasteiger partial charge in [0, 0.05) is 11.7 Å². The van der Waals surface area contributed by atoms with Gasteiger partial charge in [-0.2, -0.15) is 5.10 Å². The number of benzene rings is 1. The highest BCUT2D eigenvalue weighted by Crippen LogP contribution is 2.25. The molecular weight excluding hydrogens is 258 g/mol. The van der Waals surface area contributed by atoms with Crippen LogP contribution in [0.5, 0.6) is 0 Å². The summed E-state index contributed by atoms with van der Waals surface area (Å²) in [6.45, 7) is 6.18. The Morgan fingerprint density at radius 3 is 2.53 bits per heavy atom. The van der Waals surface area contributed by atoms with Crippen molar-refractivity contribution in [2.24, 2.45) is 5.73 Å². The van der Waals surface area contributed by atoms with E-state index in [1.807, 2.05) is 29.8 Å². The predicted molar refractivity (Wildman–Crippen MR) is 79.9 cm³/mol. The maximum absolute atomic E-state index is 6.37. The van der Waals surface area contributed by atoms with Gasteiger partial charge in [-0.25, -0.2) is 4.68 Å². The second-order valence-electron chi connectivity index (χ2n) is 4.75. The number of aromatic nitrogens is 2. The van der Waals surface area contributed by atoms with Crippen molar-refractivity contribution >= 4 is 11.6 Å². The fourth-order valence-corrected chi connectivity index (χ4v) is 2.36. The molecule has 1 aromatic heterocycles. The molecule has 0 aliphatic heterocycles. The van der Waals surface area contributed by atoms with Crippen LogP contribution in [-0.4, -0.2) is 9.78 Å². The zero-order chi connectivity index (χ0) is 14.0. The highest BCUT2D eigenvalue weighted by molar-refractivity contribution is 6.32. The van der Waals surface area contributed by atoms with Crippen LogP contribution in [0.15, 0.2) is 24.3 Å². The number of halogens is 1. The average Bonchev–Trinajstić information content (AvgIpc) is 2.81. The van der Waals surface area contributed by atoms with E-state index in [1.54, 1.807) is 0 Å². The van der Waals surface area contributed by atoms with Crippen molar-refractivity contribution in [1.29, 1.82) is 0 Å². The highest BCUT2D eigenvalue weighted by Gasteiger charge is 2.11. The predicted octanol–water partition coefficient (Wildman–Crippen LogP) is 3.67. The molecule has 0 aliphatic carbocycles. The van der Waals surface area contributed by atoms with Crippen LogP contribution in [0.4, 0.5) is 0 Å². The van der Waals surface area contributed by atoms with E-state index >= 15 is 0 Å². The van der Waals surface area contributed by atoms with E-state index in [1.165, 1.54) is 5.69 Å². The molecule has 3 nitrogen and oxygen atoms in total. The smallest absolute Gasteiger partial charge is 0.0835 e. The molecule has 1 atom stereocenters. The summed E-state index contributed by atoms with van der Waals surface area (Å²) in [4.78, 5) is 0. The van der Waals surface area contributed by atoms with Crippen LogP contribution >= 0.6 is 11.6 Å². The molecule has 2 N–H and O–H groups in total. The first kappa shape index (κ1) is 14.1. The molecule has 0 fully saturated rings. The summed E-state index contributed by atoms with van der Waals surface area (Å²) >= 11 is 6.37. The molecule has 1 heterocycles. The topological polar surface area (TPSA) is 43.8 Å². The molecular formula is C15H20ClN3. The van der Waals surface area contributed by atoms with Crippen LogP contribution in [-0.2, 0) is 12.8 Å². The summed E-state index contributed by atoms with van der Waals surface area (Å²) in [7, 11) is 0. The molecule has 19 heavy (non-hydrogen) atoms. The Hall–Kier alpha value is -1.32. The molecule has 2 aromatic rings. The van der Waals surface area contributed by atoms with Crippen LogP contribution in [0.2, 0.25) is 5.02 Å². The molecule has 0 saturated carbocycles. The minimum absolute atomic E-state index is 0.0129. The zero-order valence-electron chi connectivity index (χ0n) is 11.7. The van der Waals surface area contributed by atoms with Gasteiger partial charge >= 0.3 is 0 Å². The van der Waals surface area contributed by atoms with Gasteiger partial charge < -0.3 is 5.73 Å². The molecule has 1 aromatic carbocycles. The Bertz CT molecular complexity index is 573. The molecule has 0 aliphatic rings. The third-order valence-electron chi connectivity index (χ3n) is 3.28. The lowest BCUT2D eigenvalue weighted by Crippen LogP contribution is -2.07. The molecule has 1 unspecified atom stereocenters. The van der Waals surface area contributed by atoms with Crippen LogP contribution in [0.1, 0.15) is 43.8 Å². The van der Waals surface area contributed by atoms with Gasteiger partial charge in [0.25, 0.3) is 0 Å². The molecule has 2 rings (SSSR count). The van der Waals surface area contributed by atoms with Crippen LogP contribution in [0.25, 0.3) is 5.69 Å². The van der Waals surface area contributed by atoms with Crippen molar-refractivity contribution in [3.63, 3.8) is 0 Å². The number of nitrogens with zero attached hydrogens (tertiary/aromatic N) is 2. The minimum Gasteiger partial charge on any atom is -0.324 e. The standard InChI is InChI=1S/C15H20ClN3/c1-4-12-9-13(5-2)19(18-12)15-7-6-11(10(3)17)8-14(15)16/h6-10H,4-5,17H2,1-3H3. The number of rotatable bonds is 4. The van der Waals surface area contributed by atoms with Crippen molar-refractivity contribution in [2.45, 2.75) is 39.7 Å². The van der Waals surface area contributed by atoms with Crippen molar-refractivity contribution in [2.75, 3.05) is 0 Å². The first-order valence-corrected chi connectivity index (χ1v) is 7.07. The van der Waals surface area contributed by atoms with E-state index in [-0.39, 0.29) is 6.04 Å². The summed E-state index contributed by atoms with van der Waals surface area (Å²) < 4.78 is 1.94. The van der Waals surface area contributed by atoms with Crippen LogP contribution < -0.4 is 5.73 Å². The van der Waals surface area contributed by atoms with Crippen LogP contribution in [0.3, 0.4) is 0 Å². The third-order valence-corrected chi connectivity index (χ3v) is 3.59. The van der Waals surface area contributed by atoms with Gasteiger partial charge in [-0.15, -0.1) is 0 Å². The first-order valence-electron chi connectivity index (χ1n) is 6.70. The second kappa shape index (κ2) is 5.76. The number of aryl methyl sites for hydroxylation is 2. The van der Waals surface area contributed by atoms with E-state index in [2.05, 4.69) is 25.0 Å². The quantitative estimate of drug-likeness (QED) is 0.927. The second-order valence-corrected chi connectivity index (χ2v) is 5.15. The Kier molecular flexibility index (Phi) is 4.27. The molecule has 0 saturated heterocycles. The van der Waals surface area contributed by atoms with Gasteiger partial charge in [-0.05, 0) is 43.5 Å². The molecule has 0 amide bonds. The van der Waals surface area contributed by atoms with E-state index in [0.717, 1.165) is 29.8 Å². The molecule has 0 spiro atoms. The molecule has 0 radical (unpaired) electrons. The Labute approximate surface area is 119 Å². The summed E-state index contributed by atoms with van der Waals surface area (Å²) in [6.07, 6.45) is 1.86. The SMILES string of the molecule is CCc1cc(CC)n(-c2ccc(C(C)N)cc2Cl)n1. The third kappa shape index (κ3) is 2.82. The van der Waals surface area contributed by atoms with E-state index in [4.69, 9.17) is 17.3 Å². The molecule has 0 bridgehead atoms. The van der Waals surface area contributed by atoms with Crippen molar-refractivity contribution in [3.8, 4) is 5.69 Å². The van der Waals surface area contributed by atoms with E-state index in [0.29, 0.717) is 5.02 Å². The highest BCUT2D eigenvalue weighted by atomic mass is 35.5. The van der Waals surface area contributed by atoms with Gasteiger partial charge in [0.2, 0.25) is 0 Å². The molecule has 102 valence electrons. The Balaban J connectivity index is 2.49. The van der Waals surface area contributed by atoms with Crippen molar-refractivity contribution in [3.05, 3.63) is 46.2 Å². The van der Waals surface area contributed by atoms with E-state index < -0.39 is 0 Å². The number of hydrogen-bond donors (Lipinski definition) is 1. The summed E-state index contributed by atoms with van der Waals surface area (Å²) in [5.74, 6) is 0. The Morgan fingerprint density at radius 1 is 1.26 bits per heavy atom. The van der Waals surface area contributed by atoms with Crippen molar-refractivity contribution < 1.29 is 0 Å². The minimum atomic E-state index is -0.0129. The van der Waals surface area contributed by atoms with Gasteiger partial charge in [-0.1, -0.05) is 31.5 Å². The number of nitrogens with two attached hydrogens (primary N) is 1. The van der Waals surface area contributed by atoms with E-state index in [9.17, 15) is 0 Å². The van der Waals surface area contributed by atoms with Gasteiger partial charge in [-0.3, -0.25) is 0 Å². The van der Waals surface area contributed by atoms with Crippen molar-refractivity contribution in [1.82, 2.24) is 9.78 Å². The lowest BCUT2D eigenvalue weighted by Gasteiger charge is -2.11. The monoisotopic (exact) mass is 277 g/mol. The summed E-state index contributed by atoms with van der Waals surface area (Å²) in [5.41, 5.74) is 10.1. The van der Waals surface area contributed by atoms with Gasteiger partial charge in [0.1, 0.15) is 0 Å². The fourth-order valence-electron chi connectivity index (χ4n) is 2.09. The summed E-state index contributed by atoms with van der Waals surface area (Å²) in [6, 6.07) is 8.05. The maximum Gasteiger partial charge on any atom is 0.0835 e. The zero-order valence-corrected chi connectivity index (χ0v) is 12.4.